The third-order valence-electron chi connectivity index (χ3n) is 6.94. The Kier molecular flexibility index (Phi) is 19.7. The lowest BCUT2D eigenvalue weighted by molar-refractivity contribution is -0.121. The van der Waals surface area contributed by atoms with Gasteiger partial charge in [0.15, 0.2) is 0 Å². The number of ether oxygens (including phenoxy) is 1. The predicted octanol–water partition coefficient (Wildman–Crippen LogP) is 7.86. The Hall–Kier alpha value is -3.00. The molecule has 0 unspecified atom stereocenters. The Bertz CT molecular complexity index is 991. The van der Waals surface area contributed by atoms with Gasteiger partial charge in [0.05, 0.1) is 0 Å². The second kappa shape index (κ2) is 23.6. The molecule has 3 N–H and O–H groups in total. The van der Waals surface area contributed by atoms with E-state index >= 15 is 0 Å². The molecule has 0 aliphatic rings. The number of benzene rings is 2. The maximum Gasteiger partial charge on any atom is 0.408 e. The number of thioether (sulfide) groups is 1. The Balaban J connectivity index is 1.59. The second-order valence-corrected chi connectivity index (χ2v) is 11.8. The van der Waals surface area contributed by atoms with E-state index in [0.717, 1.165) is 18.5 Å². The van der Waals surface area contributed by atoms with E-state index in [1.807, 2.05) is 48.5 Å². The number of unbranched alkanes of at least 4 members (excludes halogenated alkanes) is 10. The Morgan fingerprint density at radius 3 is 2.00 bits per heavy atom. The summed E-state index contributed by atoms with van der Waals surface area (Å²) in [5.41, 5.74) is 1.53. The maximum absolute atomic E-state index is 12.9. The number of carbonyl (C=O) groups excluding carboxylic acids is 3. The molecule has 0 bridgehead atoms. The highest BCUT2D eigenvalue weighted by Crippen LogP contribution is 2.13. The first kappa shape index (κ1) is 35.2. The summed E-state index contributed by atoms with van der Waals surface area (Å²) in [5.74, 6) is 0.847. The standard InChI is InChI=1S/C34H51N3O4S/c1-2-3-4-5-6-7-8-9-10-11-18-25-35-32(38)24-19-26-42-28-31(33(39)36-30-22-16-13-17-23-30)37-34(40)41-27-29-20-14-12-15-21-29/h12-17,20-23,31H,2-11,18-19,24-28H2,1H3,(H,35,38)(H,36,39)(H,37,40)/t31-/m0/s1. The lowest BCUT2D eigenvalue weighted by atomic mass is 10.1. The van der Waals surface area contributed by atoms with Crippen LogP contribution in [0.3, 0.4) is 0 Å². The normalized spacial score (nSPS) is 11.5. The Morgan fingerprint density at radius 1 is 0.762 bits per heavy atom. The molecule has 0 spiro atoms. The fourth-order valence-corrected chi connectivity index (χ4v) is 5.47. The zero-order valence-electron chi connectivity index (χ0n) is 25.4. The van der Waals surface area contributed by atoms with Crippen molar-refractivity contribution < 1.29 is 19.1 Å². The average molecular weight is 598 g/mol. The Labute approximate surface area is 257 Å². The van der Waals surface area contributed by atoms with Crippen molar-refractivity contribution in [1.29, 1.82) is 0 Å². The molecule has 0 radical (unpaired) electrons. The van der Waals surface area contributed by atoms with Crippen molar-refractivity contribution in [1.82, 2.24) is 10.6 Å². The molecule has 232 valence electrons. The molecule has 42 heavy (non-hydrogen) atoms. The van der Waals surface area contributed by atoms with Crippen LogP contribution in [0.4, 0.5) is 10.5 Å². The van der Waals surface area contributed by atoms with E-state index in [2.05, 4.69) is 22.9 Å². The summed E-state index contributed by atoms with van der Waals surface area (Å²) in [6, 6.07) is 17.8. The minimum atomic E-state index is -0.770. The van der Waals surface area contributed by atoms with Crippen LogP contribution in [0.15, 0.2) is 60.7 Å². The molecule has 0 heterocycles. The molecule has 2 rings (SSSR count). The number of hydrogen-bond donors (Lipinski definition) is 3. The van der Waals surface area contributed by atoms with Gasteiger partial charge in [0.2, 0.25) is 11.8 Å². The fraction of sp³-hybridized carbons (Fsp3) is 0.559. The zero-order chi connectivity index (χ0) is 30.1. The van der Waals surface area contributed by atoms with Gasteiger partial charge in [0.1, 0.15) is 12.6 Å². The van der Waals surface area contributed by atoms with E-state index in [-0.39, 0.29) is 18.4 Å². The van der Waals surface area contributed by atoms with Crippen LogP contribution in [0.1, 0.15) is 96.0 Å². The van der Waals surface area contributed by atoms with Crippen LogP contribution in [0.2, 0.25) is 0 Å². The zero-order valence-corrected chi connectivity index (χ0v) is 26.2. The molecule has 2 aromatic carbocycles. The summed E-state index contributed by atoms with van der Waals surface area (Å²) in [5, 5.41) is 8.58. The quantitative estimate of drug-likeness (QED) is 0.113. The molecule has 1 atom stereocenters. The summed E-state index contributed by atoms with van der Waals surface area (Å²) in [6.07, 6.45) is 14.7. The highest BCUT2D eigenvalue weighted by molar-refractivity contribution is 7.99. The fourth-order valence-electron chi connectivity index (χ4n) is 4.48. The van der Waals surface area contributed by atoms with Gasteiger partial charge in [-0.15, -0.1) is 0 Å². The van der Waals surface area contributed by atoms with Crippen molar-refractivity contribution in [3.63, 3.8) is 0 Å². The van der Waals surface area contributed by atoms with Gasteiger partial charge in [-0.3, -0.25) is 9.59 Å². The molecule has 0 saturated carbocycles. The minimum absolute atomic E-state index is 0.0728. The van der Waals surface area contributed by atoms with Crippen molar-refractivity contribution in [2.24, 2.45) is 0 Å². The summed E-state index contributed by atoms with van der Waals surface area (Å²) in [7, 11) is 0. The topological polar surface area (TPSA) is 96.5 Å². The van der Waals surface area contributed by atoms with Gasteiger partial charge in [-0.25, -0.2) is 4.79 Å². The molecule has 7 nitrogen and oxygen atoms in total. The van der Waals surface area contributed by atoms with Gasteiger partial charge in [-0.05, 0) is 36.3 Å². The lowest BCUT2D eigenvalue weighted by Crippen LogP contribution is -2.45. The van der Waals surface area contributed by atoms with E-state index in [0.29, 0.717) is 30.0 Å². The van der Waals surface area contributed by atoms with Gasteiger partial charge in [-0.2, -0.15) is 11.8 Å². The molecule has 0 saturated heterocycles. The van der Waals surface area contributed by atoms with Crippen LogP contribution in [0.5, 0.6) is 0 Å². The lowest BCUT2D eigenvalue weighted by Gasteiger charge is -2.18. The summed E-state index contributed by atoms with van der Waals surface area (Å²) in [6.45, 7) is 3.12. The molecular formula is C34H51N3O4S. The smallest absolute Gasteiger partial charge is 0.408 e. The van der Waals surface area contributed by atoms with Gasteiger partial charge in [0.25, 0.3) is 0 Å². The van der Waals surface area contributed by atoms with E-state index in [1.54, 1.807) is 12.1 Å². The molecule has 0 fully saturated rings. The number of anilines is 1. The predicted molar refractivity (Wildman–Crippen MR) is 175 cm³/mol. The maximum atomic E-state index is 12.9. The monoisotopic (exact) mass is 597 g/mol. The van der Waals surface area contributed by atoms with Crippen LogP contribution in [0.25, 0.3) is 0 Å². The number of hydrogen-bond acceptors (Lipinski definition) is 5. The first-order chi connectivity index (χ1) is 20.6. The van der Waals surface area contributed by atoms with Gasteiger partial charge < -0.3 is 20.7 Å². The SMILES string of the molecule is CCCCCCCCCCCCCNC(=O)CCCSC[C@H](NC(=O)OCc1ccccc1)C(=O)Nc1ccccc1. The van der Waals surface area contributed by atoms with Gasteiger partial charge in [-0.1, -0.05) is 120 Å². The van der Waals surface area contributed by atoms with Crippen LogP contribution < -0.4 is 16.0 Å². The number of alkyl carbamates (subject to hydrolysis) is 1. The second-order valence-electron chi connectivity index (χ2n) is 10.7. The van der Waals surface area contributed by atoms with E-state index in [9.17, 15) is 14.4 Å². The van der Waals surface area contributed by atoms with E-state index in [1.165, 1.54) is 76.0 Å². The third-order valence-corrected chi connectivity index (χ3v) is 8.09. The number of rotatable bonds is 23. The molecule has 3 amide bonds. The molecule has 8 heteroatoms. The average Bonchev–Trinajstić information content (AvgIpc) is 3.00. The van der Waals surface area contributed by atoms with Crippen molar-refractivity contribution in [2.75, 3.05) is 23.4 Å². The molecule has 2 aromatic rings. The minimum Gasteiger partial charge on any atom is -0.445 e. The summed E-state index contributed by atoms with van der Waals surface area (Å²) in [4.78, 5) is 37.6. The van der Waals surface area contributed by atoms with Crippen molar-refractivity contribution in [2.45, 2.75) is 103 Å². The van der Waals surface area contributed by atoms with Crippen molar-refractivity contribution >= 4 is 35.4 Å². The van der Waals surface area contributed by atoms with Crippen LogP contribution in [-0.2, 0) is 20.9 Å². The van der Waals surface area contributed by atoms with Crippen molar-refractivity contribution in [3.8, 4) is 0 Å². The number of amides is 3. The van der Waals surface area contributed by atoms with Crippen molar-refractivity contribution in [3.05, 3.63) is 66.2 Å². The summed E-state index contributed by atoms with van der Waals surface area (Å²) >= 11 is 1.53. The number of para-hydroxylation sites is 1. The number of carbonyl (C=O) groups is 3. The molecule has 0 aromatic heterocycles. The molecular weight excluding hydrogens is 546 g/mol. The van der Waals surface area contributed by atoms with Gasteiger partial charge in [0, 0.05) is 24.4 Å². The number of nitrogens with one attached hydrogen (secondary N) is 3. The van der Waals surface area contributed by atoms with Gasteiger partial charge >= 0.3 is 6.09 Å². The summed E-state index contributed by atoms with van der Waals surface area (Å²) < 4.78 is 5.32. The highest BCUT2D eigenvalue weighted by atomic mass is 32.2. The highest BCUT2D eigenvalue weighted by Gasteiger charge is 2.22. The van der Waals surface area contributed by atoms with E-state index in [4.69, 9.17) is 4.74 Å². The largest absolute Gasteiger partial charge is 0.445 e. The first-order valence-electron chi connectivity index (χ1n) is 15.8. The Morgan fingerprint density at radius 2 is 1.36 bits per heavy atom. The third kappa shape index (κ3) is 17.7. The molecule has 0 aliphatic heterocycles. The van der Waals surface area contributed by atoms with Crippen LogP contribution >= 0.6 is 11.8 Å². The van der Waals surface area contributed by atoms with Crippen LogP contribution in [-0.4, -0.2) is 42.0 Å². The molecule has 0 aliphatic carbocycles. The van der Waals surface area contributed by atoms with E-state index < -0.39 is 12.1 Å². The van der Waals surface area contributed by atoms with Crippen LogP contribution in [0, 0.1) is 0 Å². The first-order valence-corrected chi connectivity index (χ1v) is 16.9.